The first-order valence-electron chi connectivity index (χ1n) is 8.58. The van der Waals surface area contributed by atoms with Gasteiger partial charge in [0.25, 0.3) is 0 Å². The van der Waals surface area contributed by atoms with Gasteiger partial charge in [-0.1, -0.05) is 28.9 Å². The Morgan fingerprint density at radius 3 is 2.57 bits per heavy atom. The maximum Gasteiger partial charge on any atom is 0.246 e. The summed E-state index contributed by atoms with van der Waals surface area (Å²) in [4.78, 5) is 28.4. The molecule has 0 unspecified atom stereocenters. The number of amides is 1. The summed E-state index contributed by atoms with van der Waals surface area (Å²) >= 11 is 5.99. The van der Waals surface area contributed by atoms with Gasteiger partial charge < -0.3 is 14.6 Å². The molecule has 0 aliphatic carbocycles. The molecule has 0 bridgehead atoms. The number of benzene rings is 2. The number of rotatable bonds is 8. The van der Waals surface area contributed by atoms with Crippen molar-refractivity contribution in [2.24, 2.45) is 0 Å². The van der Waals surface area contributed by atoms with Crippen molar-refractivity contribution < 1.29 is 18.8 Å². The van der Waals surface area contributed by atoms with E-state index in [0.717, 1.165) is 11.3 Å². The van der Waals surface area contributed by atoms with Crippen molar-refractivity contribution in [1.82, 2.24) is 15.5 Å². The lowest BCUT2D eigenvalue weighted by Crippen LogP contribution is -2.23. The van der Waals surface area contributed by atoms with Crippen molar-refractivity contribution in [3.05, 3.63) is 65.0 Å². The highest BCUT2D eigenvalue weighted by atomic mass is 35.5. The number of halogens is 1. The van der Waals surface area contributed by atoms with Gasteiger partial charge in [-0.25, -0.2) is 0 Å². The van der Waals surface area contributed by atoms with E-state index in [0.29, 0.717) is 16.4 Å². The zero-order valence-corrected chi connectivity index (χ0v) is 15.9. The molecule has 0 fully saturated rings. The van der Waals surface area contributed by atoms with Crippen molar-refractivity contribution in [3.8, 4) is 17.1 Å². The average Bonchev–Trinajstić information content (AvgIpc) is 3.20. The van der Waals surface area contributed by atoms with Crippen LogP contribution in [0, 0.1) is 0 Å². The maximum absolute atomic E-state index is 12.1. The van der Waals surface area contributed by atoms with Crippen LogP contribution < -0.4 is 10.1 Å². The third kappa shape index (κ3) is 4.95. The van der Waals surface area contributed by atoms with Crippen LogP contribution >= 0.6 is 11.6 Å². The number of nitrogens with zero attached hydrogens (tertiary/aromatic N) is 2. The Kier molecular flexibility index (Phi) is 6.39. The summed E-state index contributed by atoms with van der Waals surface area (Å²) in [6.07, 6.45) is 0.111. The van der Waals surface area contributed by atoms with Gasteiger partial charge in [-0.05, 0) is 36.4 Å². The van der Waals surface area contributed by atoms with E-state index >= 15 is 0 Å². The number of hydrogen-bond donors (Lipinski definition) is 1. The quantitative estimate of drug-likeness (QED) is 0.580. The second kappa shape index (κ2) is 9.14. The molecule has 2 aromatic carbocycles. The molecule has 1 heterocycles. The fraction of sp³-hybridized carbons (Fsp3) is 0.200. The summed E-state index contributed by atoms with van der Waals surface area (Å²) in [5.41, 5.74) is 1.19. The van der Waals surface area contributed by atoms with Crippen LogP contribution in [0.1, 0.15) is 29.1 Å². The molecular formula is C20H18ClN3O4. The van der Waals surface area contributed by atoms with Crippen molar-refractivity contribution in [2.45, 2.75) is 19.4 Å². The normalized spacial score (nSPS) is 10.5. The predicted molar refractivity (Wildman–Crippen MR) is 103 cm³/mol. The fourth-order valence-electron chi connectivity index (χ4n) is 2.50. The van der Waals surface area contributed by atoms with Crippen molar-refractivity contribution in [2.75, 3.05) is 7.11 Å². The lowest BCUT2D eigenvalue weighted by Gasteiger charge is -2.04. The number of methoxy groups -OCH3 is 1. The van der Waals surface area contributed by atoms with Crippen LogP contribution in [-0.4, -0.2) is 28.9 Å². The second-order valence-corrected chi connectivity index (χ2v) is 6.33. The summed E-state index contributed by atoms with van der Waals surface area (Å²) in [5.74, 6) is 0.952. The number of carbonyl (C=O) groups excluding carboxylic acids is 2. The molecule has 28 heavy (non-hydrogen) atoms. The van der Waals surface area contributed by atoms with Gasteiger partial charge in [-0.2, -0.15) is 4.98 Å². The summed E-state index contributed by atoms with van der Waals surface area (Å²) in [6.45, 7) is 0.0856. The Bertz CT molecular complexity index is 970. The van der Waals surface area contributed by atoms with Crippen LogP contribution in [0.3, 0.4) is 0 Å². The van der Waals surface area contributed by atoms with Crippen LogP contribution in [0.15, 0.2) is 53.1 Å². The third-order valence-corrected chi connectivity index (χ3v) is 4.34. The zero-order chi connectivity index (χ0) is 19.9. The van der Waals surface area contributed by atoms with Crippen LogP contribution in [0.4, 0.5) is 0 Å². The largest absolute Gasteiger partial charge is 0.497 e. The number of hydrogen-bond acceptors (Lipinski definition) is 6. The molecule has 0 spiro atoms. The molecule has 0 radical (unpaired) electrons. The number of ether oxygens (including phenoxy) is 1. The van der Waals surface area contributed by atoms with Crippen LogP contribution in [0.5, 0.6) is 5.75 Å². The minimum atomic E-state index is -0.287. The van der Waals surface area contributed by atoms with Crippen molar-refractivity contribution in [1.29, 1.82) is 0 Å². The van der Waals surface area contributed by atoms with Gasteiger partial charge in [-0.3, -0.25) is 9.59 Å². The van der Waals surface area contributed by atoms with E-state index in [9.17, 15) is 9.59 Å². The second-order valence-electron chi connectivity index (χ2n) is 5.92. The molecule has 0 atom stereocenters. The van der Waals surface area contributed by atoms with Gasteiger partial charge >= 0.3 is 0 Å². The molecule has 1 amide bonds. The van der Waals surface area contributed by atoms with Gasteiger partial charge in [0.2, 0.25) is 17.6 Å². The van der Waals surface area contributed by atoms with Gasteiger partial charge in [0.05, 0.1) is 18.7 Å². The smallest absolute Gasteiger partial charge is 0.246 e. The molecule has 0 aliphatic rings. The number of ketones is 1. The van der Waals surface area contributed by atoms with Gasteiger partial charge in [0, 0.05) is 24.0 Å². The maximum atomic E-state index is 12.1. The van der Waals surface area contributed by atoms with E-state index in [1.54, 1.807) is 43.5 Å². The van der Waals surface area contributed by atoms with Crippen LogP contribution in [0.25, 0.3) is 11.4 Å². The summed E-state index contributed by atoms with van der Waals surface area (Å²) in [7, 11) is 1.59. The first-order valence-corrected chi connectivity index (χ1v) is 8.96. The highest BCUT2D eigenvalue weighted by molar-refractivity contribution is 6.34. The minimum absolute atomic E-state index is 0.0452. The molecule has 7 nitrogen and oxygen atoms in total. The lowest BCUT2D eigenvalue weighted by molar-refractivity contribution is -0.121. The Hall–Kier alpha value is -3.19. The Balaban J connectivity index is 1.49. The van der Waals surface area contributed by atoms with E-state index in [2.05, 4.69) is 15.5 Å². The zero-order valence-electron chi connectivity index (χ0n) is 15.1. The highest BCUT2D eigenvalue weighted by Crippen LogP contribution is 2.20. The summed E-state index contributed by atoms with van der Waals surface area (Å²) in [5, 5.41) is 6.94. The molecule has 3 aromatic rings. The highest BCUT2D eigenvalue weighted by Gasteiger charge is 2.13. The number of nitrogens with one attached hydrogen (secondary N) is 1. The third-order valence-electron chi connectivity index (χ3n) is 4.01. The first kappa shape index (κ1) is 19.6. The molecule has 0 saturated heterocycles. The monoisotopic (exact) mass is 399 g/mol. The minimum Gasteiger partial charge on any atom is -0.497 e. The number of carbonyl (C=O) groups is 2. The summed E-state index contributed by atoms with van der Waals surface area (Å²) < 4.78 is 10.3. The van der Waals surface area contributed by atoms with Gasteiger partial charge in [-0.15, -0.1) is 0 Å². The van der Waals surface area contributed by atoms with E-state index in [1.807, 2.05) is 12.1 Å². The lowest BCUT2D eigenvalue weighted by atomic mass is 10.1. The Labute approximate surface area is 166 Å². The molecule has 0 aliphatic heterocycles. The standard InChI is InChI=1S/C20H18ClN3O4/c1-27-14-8-6-13(7-9-14)20-23-19(28-24-20)12-22-18(26)11-10-17(25)15-4-2-3-5-16(15)21/h2-9H,10-12H2,1H3,(H,22,26). The fourth-order valence-corrected chi connectivity index (χ4v) is 2.74. The van der Waals surface area contributed by atoms with Crippen molar-refractivity contribution in [3.63, 3.8) is 0 Å². The van der Waals surface area contributed by atoms with Crippen LogP contribution in [-0.2, 0) is 11.3 Å². The Morgan fingerprint density at radius 2 is 1.86 bits per heavy atom. The van der Waals surface area contributed by atoms with E-state index in [1.165, 1.54) is 0 Å². The number of Topliss-reactive ketones (excluding diaryl/α,β-unsaturated/α-hetero) is 1. The molecule has 3 rings (SSSR count). The van der Waals surface area contributed by atoms with E-state index in [-0.39, 0.29) is 37.0 Å². The Morgan fingerprint density at radius 1 is 1.11 bits per heavy atom. The SMILES string of the molecule is COc1ccc(-c2noc(CNC(=O)CCC(=O)c3ccccc3Cl)n2)cc1. The molecule has 1 aromatic heterocycles. The molecular weight excluding hydrogens is 382 g/mol. The topological polar surface area (TPSA) is 94.3 Å². The average molecular weight is 400 g/mol. The molecule has 144 valence electrons. The van der Waals surface area contributed by atoms with Crippen molar-refractivity contribution >= 4 is 23.3 Å². The predicted octanol–water partition coefficient (Wildman–Crippen LogP) is 3.68. The summed E-state index contributed by atoms with van der Waals surface area (Å²) in [6, 6.07) is 14.0. The van der Waals surface area contributed by atoms with E-state index in [4.69, 9.17) is 20.9 Å². The van der Waals surface area contributed by atoms with Gasteiger partial charge in [0.1, 0.15) is 5.75 Å². The van der Waals surface area contributed by atoms with Crippen LogP contribution in [0.2, 0.25) is 5.02 Å². The molecule has 0 saturated carbocycles. The first-order chi connectivity index (χ1) is 13.6. The molecule has 1 N–H and O–H groups in total. The molecule has 8 heteroatoms. The van der Waals surface area contributed by atoms with E-state index < -0.39 is 0 Å². The van der Waals surface area contributed by atoms with Gasteiger partial charge in [0.15, 0.2) is 5.78 Å². The number of aromatic nitrogens is 2.